The van der Waals surface area contributed by atoms with Crippen LogP contribution >= 0.6 is 0 Å². The molecule has 5 aliphatic rings. The lowest BCUT2D eigenvalue weighted by Gasteiger charge is -2.51. The molecule has 9 nitrogen and oxygen atoms in total. The summed E-state index contributed by atoms with van der Waals surface area (Å²) in [6.07, 6.45) is 6.48. The van der Waals surface area contributed by atoms with E-state index in [4.69, 9.17) is 4.74 Å². The number of aromatic nitrogens is 1. The van der Waals surface area contributed by atoms with Gasteiger partial charge >= 0.3 is 0 Å². The molecule has 32 heavy (non-hydrogen) atoms. The number of carbonyl (C=O) groups excluding carboxylic acids is 3. The summed E-state index contributed by atoms with van der Waals surface area (Å²) in [7, 11) is 1.94. The van der Waals surface area contributed by atoms with E-state index in [9.17, 15) is 14.4 Å². The zero-order valence-corrected chi connectivity index (χ0v) is 18.3. The Kier molecular flexibility index (Phi) is 4.03. The van der Waals surface area contributed by atoms with E-state index in [1.54, 1.807) is 23.2 Å². The molecular formula is C23H27N5O4. The minimum absolute atomic E-state index is 0.0179. The molecule has 9 heteroatoms. The van der Waals surface area contributed by atoms with Gasteiger partial charge in [0.1, 0.15) is 17.1 Å². The monoisotopic (exact) mass is 437 g/mol. The van der Waals surface area contributed by atoms with Gasteiger partial charge in [-0.25, -0.2) is 4.98 Å². The van der Waals surface area contributed by atoms with Gasteiger partial charge in [-0.3, -0.25) is 14.4 Å². The molecule has 3 fully saturated rings. The summed E-state index contributed by atoms with van der Waals surface area (Å²) in [6.45, 7) is 4.10. The Morgan fingerprint density at radius 2 is 2.09 bits per heavy atom. The number of amides is 3. The maximum Gasteiger partial charge on any atom is 0.256 e. The molecular weight excluding hydrogens is 410 g/mol. The zero-order valence-electron chi connectivity index (χ0n) is 18.3. The van der Waals surface area contributed by atoms with Crippen LogP contribution in [0.25, 0.3) is 0 Å². The Balaban J connectivity index is 1.21. The van der Waals surface area contributed by atoms with Crippen LogP contribution in [0.15, 0.2) is 30.5 Å². The predicted octanol–water partition coefficient (Wildman–Crippen LogP) is 0.382. The Labute approximate surface area is 186 Å². The maximum atomic E-state index is 13.6. The van der Waals surface area contributed by atoms with Gasteiger partial charge in [0.05, 0.1) is 30.0 Å². The minimum atomic E-state index is -0.651. The smallest absolute Gasteiger partial charge is 0.256 e. The SMILES string of the molecule is CCN1C[C@@]23C=C[C@@H](O2)[C@H](C(=O)N2CCC4(CC2)NC(=O)c2cccnc2N4C)[C@H]3C1=O. The van der Waals surface area contributed by atoms with Gasteiger partial charge < -0.3 is 24.8 Å². The lowest BCUT2D eigenvalue weighted by molar-refractivity contribution is -0.144. The van der Waals surface area contributed by atoms with Gasteiger partial charge in [-0.2, -0.15) is 0 Å². The van der Waals surface area contributed by atoms with Crippen LogP contribution < -0.4 is 10.2 Å². The zero-order chi connectivity index (χ0) is 22.3. The van der Waals surface area contributed by atoms with Crippen molar-refractivity contribution in [3.05, 3.63) is 36.0 Å². The van der Waals surface area contributed by atoms with Crippen molar-refractivity contribution < 1.29 is 19.1 Å². The molecule has 1 aromatic rings. The summed E-state index contributed by atoms with van der Waals surface area (Å²) in [5, 5.41) is 3.16. The molecule has 5 aliphatic heterocycles. The molecule has 0 radical (unpaired) electrons. The quantitative estimate of drug-likeness (QED) is 0.673. The fraction of sp³-hybridized carbons (Fsp3) is 0.565. The van der Waals surface area contributed by atoms with Gasteiger partial charge in [0.2, 0.25) is 11.8 Å². The number of pyridine rings is 1. The third-order valence-electron chi connectivity index (χ3n) is 8.09. The van der Waals surface area contributed by atoms with Crippen molar-refractivity contribution in [2.24, 2.45) is 11.8 Å². The molecule has 3 amide bonds. The molecule has 1 N–H and O–H groups in total. The summed E-state index contributed by atoms with van der Waals surface area (Å²) in [6, 6.07) is 3.53. The molecule has 6 rings (SSSR count). The van der Waals surface area contributed by atoms with Crippen molar-refractivity contribution in [3.8, 4) is 0 Å². The number of fused-ring (bicyclic) bond motifs is 2. The molecule has 0 aliphatic carbocycles. The van der Waals surface area contributed by atoms with Crippen LogP contribution in [0, 0.1) is 11.8 Å². The number of carbonyl (C=O) groups is 3. The number of ether oxygens (including phenoxy) is 1. The average Bonchev–Trinajstić information content (AvgIpc) is 3.45. The normalized spacial score (nSPS) is 34.2. The summed E-state index contributed by atoms with van der Waals surface area (Å²) in [5.41, 5.74) is -0.651. The maximum absolute atomic E-state index is 13.6. The van der Waals surface area contributed by atoms with Gasteiger partial charge in [0, 0.05) is 45.7 Å². The second-order valence-corrected chi connectivity index (χ2v) is 9.50. The molecule has 2 bridgehead atoms. The van der Waals surface area contributed by atoms with E-state index in [0.717, 1.165) is 0 Å². The van der Waals surface area contributed by atoms with Crippen LogP contribution in [0.3, 0.4) is 0 Å². The Morgan fingerprint density at radius 1 is 1.31 bits per heavy atom. The van der Waals surface area contributed by atoms with Crippen molar-refractivity contribution in [2.45, 2.75) is 37.1 Å². The average molecular weight is 438 g/mol. The number of likely N-dealkylation sites (tertiary alicyclic amines) is 2. The molecule has 0 aromatic carbocycles. The number of rotatable bonds is 2. The van der Waals surface area contributed by atoms with Crippen molar-refractivity contribution in [2.75, 3.05) is 38.1 Å². The van der Waals surface area contributed by atoms with E-state index in [-0.39, 0.29) is 23.8 Å². The number of anilines is 1. The summed E-state index contributed by atoms with van der Waals surface area (Å²) < 4.78 is 6.20. The van der Waals surface area contributed by atoms with E-state index < -0.39 is 23.1 Å². The second kappa shape index (κ2) is 6.54. The Bertz CT molecular complexity index is 1050. The van der Waals surface area contributed by atoms with Gasteiger partial charge in [-0.1, -0.05) is 12.2 Å². The largest absolute Gasteiger partial charge is 0.360 e. The van der Waals surface area contributed by atoms with Crippen LogP contribution in [0.4, 0.5) is 5.82 Å². The van der Waals surface area contributed by atoms with E-state index in [1.807, 2.05) is 35.9 Å². The van der Waals surface area contributed by atoms with Gasteiger partial charge in [0.15, 0.2) is 0 Å². The lowest BCUT2D eigenvalue weighted by atomic mass is 9.76. The predicted molar refractivity (Wildman–Crippen MR) is 115 cm³/mol. The lowest BCUT2D eigenvalue weighted by Crippen LogP contribution is -2.67. The number of hydrogen-bond acceptors (Lipinski definition) is 6. The number of hydrogen-bond donors (Lipinski definition) is 1. The first kappa shape index (κ1) is 19.7. The number of piperidine rings is 1. The summed E-state index contributed by atoms with van der Waals surface area (Å²) in [4.78, 5) is 49.4. The van der Waals surface area contributed by atoms with Gasteiger partial charge in [-0.15, -0.1) is 0 Å². The number of likely N-dealkylation sites (N-methyl/N-ethyl adjacent to an activating group) is 1. The van der Waals surface area contributed by atoms with Crippen molar-refractivity contribution in [3.63, 3.8) is 0 Å². The van der Waals surface area contributed by atoms with E-state index in [1.165, 1.54) is 0 Å². The van der Waals surface area contributed by atoms with Gasteiger partial charge in [-0.05, 0) is 19.1 Å². The van der Waals surface area contributed by atoms with Crippen LogP contribution in [0.2, 0.25) is 0 Å². The van der Waals surface area contributed by atoms with Crippen molar-refractivity contribution >= 4 is 23.5 Å². The van der Waals surface area contributed by atoms with E-state index in [0.29, 0.717) is 50.4 Å². The Morgan fingerprint density at radius 3 is 2.84 bits per heavy atom. The first-order valence-electron chi connectivity index (χ1n) is 11.4. The molecule has 6 heterocycles. The van der Waals surface area contributed by atoms with E-state index in [2.05, 4.69) is 10.3 Å². The second-order valence-electron chi connectivity index (χ2n) is 9.50. The highest BCUT2D eigenvalue weighted by Crippen LogP contribution is 2.52. The van der Waals surface area contributed by atoms with Crippen LogP contribution in [0.1, 0.15) is 30.1 Å². The third kappa shape index (κ3) is 2.42. The topological polar surface area (TPSA) is 95.1 Å². The van der Waals surface area contributed by atoms with E-state index >= 15 is 0 Å². The molecule has 0 unspecified atom stereocenters. The molecule has 4 atom stereocenters. The highest BCUT2D eigenvalue weighted by molar-refractivity contribution is 6.01. The fourth-order valence-corrected chi connectivity index (χ4v) is 6.30. The number of nitrogens with one attached hydrogen (secondary N) is 1. The third-order valence-corrected chi connectivity index (χ3v) is 8.09. The van der Waals surface area contributed by atoms with Crippen LogP contribution in [0.5, 0.6) is 0 Å². The van der Waals surface area contributed by atoms with Crippen LogP contribution in [-0.4, -0.2) is 83.1 Å². The standard InChI is InChI=1S/C23H27N5O4/c1-3-27-13-22-7-6-15(32-22)16(17(22)21(27)31)20(30)28-11-8-23(9-12-28)25-19(29)14-5-4-10-24-18(14)26(23)2/h4-7,10,15-17H,3,8-9,11-13H2,1-2H3,(H,25,29)/t15-,16+,17+,22-/m1/s1. The molecule has 1 aromatic heterocycles. The Hall–Kier alpha value is -2.94. The van der Waals surface area contributed by atoms with Crippen molar-refractivity contribution in [1.82, 2.24) is 20.1 Å². The molecule has 168 valence electrons. The van der Waals surface area contributed by atoms with Gasteiger partial charge in [0.25, 0.3) is 5.91 Å². The molecule has 0 saturated carbocycles. The first-order valence-corrected chi connectivity index (χ1v) is 11.4. The fourth-order valence-electron chi connectivity index (χ4n) is 6.30. The molecule has 2 spiro atoms. The molecule has 3 saturated heterocycles. The van der Waals surface area contributed by atoms with Crippen molar-refractivity contribution in [1.29, 1.82) is 0 Å². The highest BCUT2D eigenvalue weighted by atomic mass is 16.5. The highest BCUT2D eigenvalue weighted by Gasteiger charge is 2.67. The first-order chi connectivity index (χ1) is 15.4. The number of nitrogens with zero attached hydrogens (tertiary/aromatic N) is 4. The minimum Gasteiger partial charge on any atom is -0.360 e. The summed E-state index contributed by atoms with van der Waals surface area (Å²) in [5.74, 6) is -0.367. The summed E-state index contributed by atoms with van der Waals surface area (Å²) >= 11 is 0. The van der Waals surface area contributed by atoms with Crippen LogP contribution in [-0.2, 0) is 14.3 Å².